The van der Waals surface area contributed by atoms with Crippen LogP contribution in [0.2, 0.25) is 0 Å². The summed E-state index contributed by atoms with van der Waals surface area (Å²) < 4.78 is 19.0. The molecule has 1 fully saturated rings. The molecule has 9 heteroatoms. The number of likely N-dealkylation sites (tertiary alicyclic amines) is 1. The molecular weight excluding hydrogens is 405 g/mol. The van der Waals surface area contributed by atoms with Gasteiger partial charge in [0.05, 0.1) is 16.5 Å². The second-order valence-corrected chi connectivity index (χ2v) is 8.13. The fourth-order valence-corrected chi connectivity index (χ4v) is 4.28. The Labute approximate surface area is 175 Å². The van der Waals surface area contributed by atoms with Gasteiger partial charge in [-0.2, -0.15) is 5.10 Å². The fourth-order valence-electron chi connectivity index (χ4n) is 3.63. The maximum atomic E-state index is 13.1. The van der Waals surface area contributed by atoms with E-state index in [1.54, 1.807) is 34.4 Å². The lowest BCUT2D eigenvalue weighted by molar-refractivity contribution is 0.0692. The first-order chi connectivity index (χ1) is 14.7. The van der Waals surface area contributed by atoms with Gasteiger partial charge in [0.25, 0.3) is 11.8 Å². The van der Waals surface area contributed by atoms with Crippen LogP contribution in [-0.4, -0.2) is 44.3 Å². The third-order valence-corrected chi connectivity index (χ3v) is 6.04. The van der Waals surface area contributed by atoms with Gasteiger partial charge in [-0.1, -0.05) is 6.07 Å². The lowest BCUT2D eigenvalue weighted by Gasteiger charge is -2.30. The summed E-state index contributed by atoms with van der Waals surface area (Å²) in [5.41, 5.74) is 1.75. The Morgan fingerprint density at radius 3 is 2.90 bits per heavy atom. The number of aromatic nitrogens is 4. The first kappa shape index (κ1) is 18.7. The Hall–Kier alpha value is -3.33. The summed E-state index contributed by atoms with van der Waals surface area (Å²) >= 11 is 1.55. The highest BCUT2D eigenvalue weighted by atomic mass is 32.1. The van der Waals surface area contributed by atoms with E-state index < -0.39 is 0 Å². The normalized spacial score (nSPS) is 16.7. The molecule has 0 aliphatic carbocycles. The van der Waals surface area contributed by atoms with Gasteiger partial charge < -0.3 is 9.32 Å². The molecular formula is C21H18FN5O2S. The molecule has 1 N–H and O–H groups in total. The van der Waals surface area contributed by atoms with Gasteiger partial charge in [0.1, 0.15) is 11.5 Å². The van der Waals surface area contributed by atoms with Gasteiger partial charge in [0.2, 0.25) is 5.89 Å². The van der Waals surface area contributed by atoms with Gasteiger partial charge in [-0.25, -0.2) is 4.39 Å². The van der Waals surface area contributed by atoms with Gasteiger partial charge in [-0.05, 0) is 54.6 Å². The minimum absolute atomic E-state index is 0.00315. The second-order valence-electron chi connectivity index (χ2n) is 7.19. The maximum Gasteiger partial charge on any atom is 0.271 e. The zero-order chi connectivity index (χ0) is 20.5. The fraction of sp³-hybridized carbons (Fsp3) is 0.238. The van der Waals surface area contributed by atoms with E-state index in [4.69, 9.17) is 4.42 Å². The lowest BCUT2D eigenvalue weighted by atomic mass is 9.97. The molecule has 30 heavy (non-hydrogen) atoms. The number of aromatic amines is 1. The number of thiophene rings is 1. The predicted octanol–water partition coefficient (Wildman–Crippen LogP) is 4.35. The molecule has 7 nitrogen and oxygen atoms in total. The number of nitrogens with one attached hydrogen (secondary N) is 1. The Morgan fingerprint density at radius 2 is 2.10 bits per heavy atom. The number of hydrogen-bond acceptors (Lipinski definition) is 6. The molecule has 0 bridgehead atoms. The van der Waals surface area contributed by atoms with Crippen LogP contribution in [-0.2, 0) is 0 Å². The van der Waals surface area contributed by atoms with Crippen molar-refractivity contribution in [2.75, 3.05) is 13.1 Å². The number of H-pyrrole nitrogens is 1. The van der Waals surface area contributed by atoms with Crippen LogP contribution in [0.4, 0.5) is 4.39 Å². The van der Waals surface area contributed by atoms with E-state index in [1.165, 1.54) is 12.1 Å². The zero-order valence-corrected chi connectivity index (χ0v) is 16.7. The van der Waals surface area contributed by atoms with E-state index >= 15 is 0 Å². The van der Waals surface area contributed by atoms with Crippen LogP contribution in [0.25, 0.3) is 22.0 Å². The number of halogens is 1. The lowest BCUT2D eigenvalue weighted by Crippen LogP contribution is -2.39. The largest absolute Gasteiger partial charge is 0.420 e. The Kier molecular flexibility index (Phi) is 4.88. The van der Waals surface area contributed by atoms with Crippen LogP contribution in [0.5, 0.6) is 0 Å². The highest BCUT2D eigenvalue weighted by Gasteiger charge is 2.30. The summed E-state index contributed by atoms with van der Waals surface area (Å²) in [7, 11) is 0. The quantitative estimate of drug-likeness (QED) is 0.527. The summed E-state index contributed by atoms with van der Waals surface area (Å²) in [5.74, 6) is 0.642. The molecule has 152 valence electrons. The van der Waals surface area contributed by atoms with Crippen LogP contribution in [0.3, 0.4) is 0 Å². The molecule has 1 unspecified atom stereocenters. The number of benzene rings is 1. The Balaban J connectivity index is 1.30. The van der Waals surface area contributed by atoms with E-state index in [0.717, 1.165) is 23.3 Å². The monoisotopic (exact) mass is 423 g/mol. The second kappa shape index (κ2) is 7.83. The molecule has 1 saturated heterocycles. The van der Waals surface area contributed by atoms with E-state index in [2.05, 4.69) is 20.4 Å². The SMILES string of the molecule is O=C(c1cc(-c2ccc(F)cc2)n[nH]1)N1CCCC(c2nnc(-c3cccs3)o2)C1. The molecule has 3 aromatic heterocycles. The molecule has 1 aliphatic heterocycles. The van der Waals surface area contributed by atoms with Crippen molar-refractivity contribution >= 4 is 17.2 Å². The third kappa shape index (κ3) is 3.63. The van der Waals surface area contributed by atoms with E-state index in [9.17, 15) is 9.18 Å². The van der Waals surface area contributed by atoms with Gasteiger partial charge in [0, 0.05) is 18.7 Å². The minimum Gasteiger partial charge on any atom is -0.420 e. The topological polar surface area (TPSA) is 87.9 Å². The standard InChI is InChI=1S/C21H18FN5O2S/c22-15-7-5-13(6-8-15)16-11-17(24-23-16)21(28)27-9-1-3-14(12-27)19-25-26-20(29-19)18-4-2-10-30-18/h2,4-8,10-11,14H,1,3,9,12H2,(H,23,24). The summed E-state index contributed by atoms with van der Waals surface area (Å²) in [5, 5.41) is 17.3. The molecule has 1 aromatic carbocycles. The number of carbonyl (C=O) groups excluding carboxylic acids is 1. The predicted molar refractivity (Wildman–Crippen MR) is 109 cm³/mol. The molecule has 5 rings (SSSR count). The van der Waals surface area contributed by atoms with Crippen molar-refractivity contribution in [3.63, 3.8) is 0 Å². The summed E-state index contributed by atoms with van der Waals surface area (Å²) in [4.78, 5) is 15.7. The van der Waals surface area contributed by atoms with Gasteiger partial charge in [-0.3, -0.25) is 9.89 Å². The highest BCUT2D eigenvalue weighted by molar-refractivity contribution is 7.13. The van der Waals surface area contributed by atoms with Crippen molar-refractivity contribution in [1.29, 1.82) is 0 Å². The average molecular weight is 423 g/mol. The smallest absolute Gasteiger partial charge is 0.271 e. The van der Waals surface area contributed by atoms with Crippen LogP contribution < -0.4 is 0 Å². The van der Waals surface area contributed by atoms with Crippen LogP contribution >= 0.6 is 11.3 Å². The zero-order valence-electron chi connectivity index (χ0n) is 15.9. The molecule has 0 radical (unpaired) electrons. The van der Waals surface area contributed by atoms with Gasteiger partial charge in [0.15, 0.2) is 0 Å². The molecule has 4 aromatic rings. The summed E-state index contributed by atoms with van der Waals surface area (Å²) in [6, 6.07) is 11.6. The van der Waals surface area contributed by atoms with Gasteiger partial charge >= 0.3 is 0 Å². The van der Waals surface area contributed by atoms with Crippen molar-refractivity contribution < 1.29 is 13.6 Å². The molecule has 4 heterocycles. The Morgan fingerprint density at radius 1 is 1.23 bits per heavy atom. The summed E-state index contributed by atoms with van der Waals surface area (Å²) in [6.07, 6.45) is 1.74. The van der Waals surface area contributed by atoms with Crippen molar-refractivity contribution in [3.05, 3.63) is 65.2 Å². The number of carbonyl (C=O) groups is 1. The van der Waals surface area contributed by atoms with Crippen molar-refractivity contribution in [1.82, 2.24) is 25.3 Å². The molecule has 1 atom stereocenters. The van der Waals surface area contributed by atoms with E-state index in [-0.39, 0.29) is 17.6 Å². The number of hydrogen-bond donors (Lipinski definition) is 1. The van der Waals surface area contributed by atoms with Crippen molar-refractivity contribution in [2.45, 2.75) is 18.8 Å². The maximum absolute atomic E-state index is 13.1. The number of amides is 1. The van der Waals surface area contributed by atoms with Crippen LogP contribution in [0.1, 0.15) is 35.1 Å². The van der Waals surface area contributed by atoms with E-state index in [0.29, 0.717) is 36.3 Å². The molecule has 1 amide bonds. The minimum atomic E-state index is -0.312. The summed E-state index contributed by atoms with van der Waals surface area (Å²) in [6.45, 7) is 1.17. The molecule has 0 spiro atoms. The van der Waals surface area contributed by atoms with Gasteiger partial charge in [-0.15, -0.1) is 21.5 Å². The molecule has 1 aliphatic rings. The van der Waals surface area contributed by atoms with E-state index in [1.807, 2.05) is 17.5 Å². The first-order valence-corrected chi connectivity index (χ1v) is 10.5. The number of rotatable bonds is 4. The first-order valence-electron chi connectivity index (χ1n) is 9.65. The average Bonchev–Trinajstić information content (AvgIpc) is 3.55. The number of nitrogens with zero attached hydrogens (tertiary/aromatic N) is 4. The van der Waals surface area contributed by atoms with Crippen LogP contribution in [0.15, 0.2) is 52.3 Å². The Bertz CT molecular complexity index is 1150. The van der Waals surface area contributed by atoms with Crippen molar-refractivity contribution in [2.24, 2.45) is 0 Å². The number of piperidine rings is 1. The third-order valence-electron chi connectivity index (χ3n) is 5.18. The van der Waals surface area contributed by atoms with Crippen LogP contribution in [0, 0.1) is 5.82 Å². The van der Waals surface area contributed by atoms with Crippen molar-refractivity contribution in [3.8, 4) is 22.0 Å². The highest BCUT2D eigenvalue weighted by Crippen LogP contribution is 2.30. The molecule has 0 saturated carbocycles.